The normalized spacial score (nSPS) is 13.3. The monoisotopic (exact) mass is 277 g/mol. The fraction of sp³-hybridized carbons (Fsp3) is 0.636. The van der Waals surface area contributed by atoms with E-state index in [1.54, 1.807) is 18.5 Å². The van der Waals surface area contributed by atoms with E-state index in [2.05, 4.69) is 0 Å². The Morgan fingerprint density at radius 1 is 1.41 bits per heavy atom. The highest BCUT2D eigenvalue weighted by atomic mass is 32.2. The SMILES string of the molecule is CN(CC(C)(C)C)S(=O)(=O)c1ccsc1CO. The zero-order valence-electron chi connectivity index (χ0n) is 10.6. The molecule has 1 heterocycles. The van der Waals surface area contributed by atoms with Crippen LogP contribution in [0.2, 0.25) is 0 Å². The van der Waals surface area contributed by atoms with Crippen LogP contribution in [0.4, 0.5) is 0 Å². The number of hydrogen-bond acceptors (Lipinski definition) is 4. The van der Waals surface area contributed by atoms with Gasteiger partial charge in [-0.3, -0.25) is 0 Å². The lowest BCUT2D eigenvalue weighted by atomic mass is 9.97. The highest BCUT2D eigenvalue weighted by Gasteiger charge is 2.27. The van der Waals surface area contributed by atoms with Gasteiger partial charge in [0.15, 0.2) is 0 Å². The number of aliphatic hydroxyl groups is 1. The molecule has 0 radical (unpaired) electrons. The summed E-state index contributed by atoms with van der Waals surface area (Å²) in [5.41, 5.74) is -0.1000. The Morgan fingerprint density at radius 2 is 2.00 bits per heavy atom. The van der Waals surface area contributed by atoms with E-state index in [0.29, 0.717) is 11.4 Å². The van der Waals surface area contributed by atoms with Gasteiger partial charge in [0.1, 0.15) is 0 Å². The van der Waals surface area contributed by atoms with Crippen molar-refractivity contribution in [1.29, 1.82) is 0 Å². The van der Waals surface area contributed by atoms with Gasteiger partial charge >= 0.3 is 0 Å². The van der Waals surface area contributed by atoms with Crippen molar-refractivity contribution < 1.29 is 13.5 Å². The standard InChI is InChI=1S/C11H19NO3S2/c1-11(2,3)8-12(4)17(14,15)10-5-6-16-9(10)7-13/h5-6,13H,7-8H2,1-4H3. The summed E-state index contributed by atoms with van der Waals surface area (Å²) < 4.78 is 25.9. The van der Waals surface area contributed by atoms with Crippen LogP contribution in [0.1, 0.15) is 25.6 Å². The first-order valence-corrected chi connectivity index (χ1v) is 7.64. The van der Waals surface area contributed by atoms with E-state index in [1.165, 1.54) is 15.6 Å². The molecule has 0 saturated carbocycles. The molecule has 4 nitrogen and oxygen atoms in total. The molecule has 0 aliphatic carbocycles. The van der Waals surface area contributed by atoms with Crippen LogP contribution in [0.5, 0.6) is 0 Å². The highest BCUT2D eigenvalue weighted by Crippen LogP contribution is 2.26. The van der Waals surface area contributed by atoms with Crippen LogP contribution in [-0.4, -0.2) is 31.4 Å². The lowest BCUT2D eigenvalue weighted by Gasteiger charge is -2.26. The minimum atomic E-state index is -3.49. The second kappa shape index (κ2) is 5.06. The Bertz CT molecular complexity index is 471. The second-order valence-corrected chi connectivity index (χ2v) is 8.20. The fourth-order valence-electron chi connectivity index (χ4n) is 1.59. The summed E-state index contributed by atoms with van der Waals surface area (Å²) in [5.74, 6) is 0. The molecule has 0 bridgehead atoms. The maximum absolute atomic E-state index is 12.3. The zero-order chi connectivity index (χ0) is 13.3. The van der Waals surface area contributed by atoms with Crippen LogP contribution in [-0.2, 0) is 16.6 Å². The van der Waals surface area contributed by atoms with E-state index in [0.717, 1.165) is 0 Å². The van der Waals surface area contributed by atoms with Crippen molar-refractivity contribution in [2.24, 2.45) is 5.41 Å². The van der Waals surface area contributed by atoms with Crippen molar-refractivity contribution in [2.45, 2.75) is 32.3 Å². The Hall–Kier alpha value is -0.430. The van der Waals surface area contributed by atoms with E-state index < -0.39 is 10.0 Å². The van der Waals surface area contributed by atoms with Crippen molar-refractivity contribution in [2.75, 3.05) is 13.6 Å². The predicted molar refractivity (Wildman–Crippen MR) is 69.5 cm³/mol. The fourth-order valence-corrected chi connectivity index (χ4v) is 4.25. The van der Waals surface area contributed by atoms with E-state index in [4.69, 9.17) is 5.11 Å². The number of rotatable bonds is 4. The molecule has 0 spiro atoms. The molecule has 1 rings (SSSR count). The summed E-state index contributed by atoms with van der Waals surface area (Å²) in [4.78, 5) is 0.711. The number of aliphatic hydroxyl groups excluding tert-OH is 1. The maximum Gasteiger partial charge on any atom is 0.244 e. The summed E-state index contributed by atoms with van der Waals surface area (Å²) in [5, 5.41) is 10.8. The molecule has 0 fully saturated rings. The summed E-state index contributed by atoms with van der Waals surface area (Å²) in [7, 11) is -1.92. The van der Waals surface area contributed by atoms with Gasteiger partial charge in [-0.1, -0.05) is 20.8 Å². The quantitative estimate of drug-likeness (QED) is 0.914. The van der Waals surface area contributed by atoms with Crippen LogP contribution in [0, 0.1) is 5.41 Å². The van der Waals surface area contributed by atoms with Gasteiger partial charge in [0.05, 0.1) is 11.5 Å². The van der Waals surface area contributed by atoms with Gasteiger partial charge in [0.25, 0.3) is 0 Å². The smallest absolute Gasteiger partial charge is 0.244 e. The molecule has 0 unspecified atom stereocenters. The first-order valence-electron chi connectivity index (χ1n) is 5.32. The summed E-state index contributed by atoms with van der Waals surface area (Å²) in [6, 6.07) is 1.55. The van der Waals surface area contributed by atoms with Gasteiger partial charge in [-0.05, 0) is 16.9 Å². The summed E-state index contributed by atoms with van der Waals surface area (Å²) >= 11 is 1.26. The number of thiophene rings is 1. The molecule has 6 heteroatoms. The third-order valence-electron chi connectivity index (χ3n) is 2.23. The molecule has 1 aromatic rings. The van der Waals surface area contributed by atoms with Gasteiger partial charge in [-0.2, -0.15) is 0 Å². The van der Waals surface area contributed by atoms with Crippen molar-refractivity contribution in [3.63, 3.8) is 0 Å². The molecule has 0 aromatic carbocycles. The van der Waals surface area contributed by atoms with Gasteiger partial charge in [0.2, 0.25) is 10.0 Å². The van der Waals surface area contributed by atoms with Crippen molar-refractivity contribution in [3.8, 4) is 0 Å². The number of sulfonamides is 1. The first-order chi connectivity index (χ1) is 7.68. The Balaban J connectivity index is 3.04. The molecule has 0 atom stereocenters. The van der Waals surface area contributed by atoms with Crippen molar-refractivity contribution in [1.82, 2.24) is 4.31 Å². The number of hydrogen-bond donors (Lipinski definition) is 1. The predicted octanol–water partition coefficient (Wildman–Crippen LogP) is 1.91. The summed E-state index contributed by atoms with van der Waals surface area (Å²) in [6.07, 6.45) is 0. The minimum absolute atomic E-state index is 0.1000. The van der Waals surface area contributed by atoms with E-state index in [9.17, 15) is 8.42 Å². The molecule has 98 valence electrons. The molecule has 17 heavy (non-hydrogen) atoms. The van der Waals surface area contributed by atoms with Crippen LogP contribution in [0.3, 0.4) is 0 Å². The molecule has 0 aliphatic rings. The third kappa shape index (κ3) is 3.51. The average molecular weight is 277 g/mol. The summed E-state index contributed by atoms with van der Waals surface area (Å²) in [6.45, 7) is 6.16. The van der Waals surface area contributed by atoms with E-state index in [1.807, 2.05) is 20.8 Å². The lowest BCUT2D eigenvalue weighted by Crippen LogP contribution is -2.34. The largest absolute Gasteiger partial charge is 0.391 e. The zero-order valence-corrected chi connectivity index (χ0v) is 12.2. The molecule has 0 amide bonds. The topological polar surface area (TPSA) is 57.6 Å². The first kappa shape index (κ1) is 14.6. The molecular weight excluding hydrogens is 258 g/mol. The van der Waals surface area contributed by atoms with Crippen LogP contribution in [0.15, 0.2) is 16.3 Å². The van der Waals surface area contributed by atoms with Gasteiger partial charge < -0.3 is 5.11 Å². The van der Waals surface area contributed by atoms with Crippen molar-refractivity contribution >= 4 is 21.4 Å². The van der Waals surface area contributed by atoms with Gasteiger partial charge in [0, 0.05) is 18.5 Å². The second-order valence-electron chi connectivity index (χ2n) is 5.19. The molecule has 1 aromatic heterocycles. The van der Waals surface area contributed by atoms with Crippen molar-refractivity contribution in [3.05, 3.63) is 16.3 Å². The molecule has 0 saturated heterocycles. The van der Waals surface area contributed by atoms with Crippen LogP contribution >= 0.6 is 11.3 Å². The van der Waals surface area contributed by atoms with E-state index in [-0.39, 0.29) is 16.9 Å². The third-order valence-corrected chi connectivity index (χ3v) is 5.16. The van der Waals surface area contributed by atoms with E-state index >= 15 is 0 Å². The van der Waals surface area contributed by atoms with Crippen LogP contribution < -0.4 is 0 Å². The molecule has 1 N–H and O–H groups in total. The highest BCUT2D eigenvalue weighted by molar-refractivity contribution is 7.89. The molecular formula is C11H19NO3S2. The number of nitrogens with zero attached hydrogens (tertiary/aromatic N) is 1. The maximum atomic E-state index is 12.3. The molecule has 0 aliphatic heterocycles. The van der Waals surface area contributed by atoms with Gasteiger partial charge in [-0.25, -0.2) is 12.7 Å². The Labute approximate surface area is 107 Å². The van der Waals surface area contributed by atoms with Gasteiger partial charge in [-0.15, -0.1) is 11.3 Å². The lowest BCUT2D eigenvalue weighted by molar-refractivity contribution is 0.281. The Kier molecular flexibility index (Phi) is 4.35. The Morgan fingerprint density at radius 3 is 2.47 bits per heavy atom. The minimum Gasteiger partial charge on any atom is -0.391 e. The van der Waals surface area contributed by atoms with Crippen LogP contribution in [0.25, 0.3) is 0 Å². The average Bonchev–Trinajstić information content (AvgIpc) is 2.62.